The number of nitrogens with zero attached hydrogens (tertiary/aromatic N) is 1. The molecule has 2 rings (SSSR count). The number of amides is 1. The fraction of sp³-hybridized carbons (Fsp3) is 0.533. The van der Waals surface area contributed by atoms with Gasteiger partial charge in [-0.05, 0) is 31.4 Å². The first kappa shape index (κ1) is 15.2. The average molecular weight is 302 g/mol. The minimum atomic E-state index is -0.810. The molecule has 0 radical (unpaired) electrons. The minimum absolute atomic E-state index is 0.0422. The average Bonchev–Trinajstić information content (AvgIpc) is 2.94. The molecule has 1 aromatic rings. The molecule has 1 aliphatic rings. The van der Waals surface area contributed by atoms with Gasteiger partial charge >= 0.3 is 0 Å². The van der Waals surface area contributed by atoms with Gasteiger partial charge in [0.05, 0.1) is 0 Å². The Morgan fingerprint density at radius 1 is 1.35 bits per heavy atom. The highest BCUT2D eigenvalue weighted by Gasteiger charge is 2.30. The molecule has 110 valence electrons. The number of carbonyl (C=O) groups excluding carboxylic acids is 1. The van der Waals surface area contributed by atoms with E-state index < -0.39 is 23.1 Å². The van der Waals surface area contributed by atoms with Gasteiger partial charge in [0.15, 0.2) is 0 Å². The Balaban J connectivity index is 2.34. The summed E-state index contributed by atoms with van der Waals surface area (Å²) in [7, 11) is 0. The molecule has 0 atom stereocenters. The second-order valence-electron chi connectivity index (χ2n) is 5.18. The monoisotopic (exact) mass is 301 g/mol. The summed E-state index contributed by atoms with van der Waals surface area (Å²) in [6.45, 7) is 1.84. The van der Waals surface area contributed by atoms with Gasteiger partial charge in [0.1, 0.15) is 17.2 Å². The number of hydrogen-bond acceptors (Lipinski definition) is 1. The molecule has 0 bridgehead atoms. The fourth-order valence-corrected chi connectivity index (χ4v) is 2.94. The van der Waals surface area contributed by atoms with Crippen molar-refractivity contribution in [2.75, 3.05) is 12.4 Å². The van der Waals surface area contributed by atoms with Gasteiger partial charge in [0, 0.05) is 18.5 Å². The molecular formula is C15H18ClF2NO. The Morgan fingerprint density at radius 2 is 2.00 bits per heavy atom. The Kier molecular flexibility index (Phi) is 4.97. The van der Waals surface area contributed by atoms with E-state index in [9.17, 15) is 13.6 Å². The number of alkyl halides is 1. The lowest BCUT2D eigenvalue weighted by atomic mass is 10.1. The maximum Gasteiger partial charge on any atom is 0.260 e. The zero-order chi connectivity index (χ0) is 14.7. The van der Waals surface area contributed by atoms with E-state index in [-0.39, 0.29) is 17.5 Å². The van der Waals surface area contributed by atoms with Crippen LogP contribution < -0.4 is 0 Å². The SMILES string of the molecule is Cc1ccc(F)c(C(=O)N(CCCl)C2CCCC2)c1F. The predicted molar refractivity (Wildman–Crippen MR) is 75.1 cm³/mol. The highest BCUT2D eigenvalue weighted by Crippen LogP contribution is 2.26. The maximum absolute atomic E-state index is 14.1. The van der Waals surface area contributed by atoms with E-state index in [0.717, 1.165) is 31.7 Å². The van der Waals surface area contributed by atoms with Crippen molar-refractivity contribution in [2.24, 2.45) is 0 Å². The number of rotatable bonds is 4. The van der Waals surface area contributed by atoms with Gasteiger partial charge in [0.25, 0.3) is 5.91 Å². The lowest BCUT2D eigenvalue weighted by Gasteiger charge is -2.28. The van der Waals surface area contributed by atoms with Gasteiger partial charge in [0.2, 0.25) is 0 Å². The Hall–Kier alpha value is -1.16. The summed E-state index contributed by atoms with van der Waals surface area (Å²) >= 11 is 5.74. The summed E-state index contributed by atoms with van der Waals surface area (Å²) in [5, 5.41) is 0. The molecule has 0 unspecified atom stereocenters. The summed E-state index contributed by atoms with van der Waals surface area (Å²) in [4.78, 5) is 14.0. The number of hydrogen-bond donors (Lipinski definition) is 0. The molecule has 0 N–H and O–H groups in total. The molecule has 0 spiro atoms. The first-order valence-corrected chi connectivity index (χ1v) is 7.41. The number of benzene rings is 1. The predicted octanol–water partition coefficient (Wildman–Crippen LogP) is 3.90. The molecule has 20 heavy (non-hydrogen) atoms. The highest BCUT2D eigenvalue weighted by molar-refractivity contribution is 6.18. The quantitative estimate of drug-likeness (QED) is 0.773. The maximum atomic E-state index is 14.1. The summed E-state index contributed by atoms with van der Waals surface area (Å²) < 4.78 is 27.9. The van der Waals surface area contributed by atoms with Crippen LogP contribution in [-0.2, 0) is 0 Å². The van der Waals surface area contributed by atoms with E-state index in [0.29, 0.717) is 6.54 Å². The third-order valence-electron chi connectivity index (χ3n) is 3.85. The van der Waals surface area contributed by atoms with E-state index in [2.05, 4.69) is 0 Å². The van der Waals surface area contributed by atoms with Crippen LogP contribution >= 0.6 is 11.6 Å². The molecule has 1 amide bonds. The van der Waals surface area contributed by atoms with Crippen LogP contribution in [0, 0.1) is 18.6 Å². The van der Waals surface area contributed by atoms with Crippen LogP contribution in [0.3, 0.4) is 0 Å². The van der Waals surface area contributed by atoms with E-state index >= 15 is 0 Å². The zero-order valence-electron chi connectivity index (χ0n) is 11.5. The molecular weight excluding hydrogens is 284 g/mol. The lowest BCUT2D eigenvalue weighted by Crippen LogP contribution is -2.41. The topological polar surface area (TPSA) is 20.3 Å². The standard InChI is InChI=1S/C15H18ClF2NO/c1-10-6-7-12(17)13(14(10)18)15(20)19(9-8-16)11-4-2-3-5-11/h6-7,11H,2-5,8-9H2,1H3. The van der Waals surface area contributed by atoms with Crippen molar-refractivity contribution < 1.29 is 13.6 Å². The van der Waals surface area contributed by atoms with Gasteiger partial charge in [-0.25, -0.2) is 8.78 Å². The molecule has 0 heterocycles. The Bertz CT molecular complexity index is 501. The first-order valence-electron chi connectivity index (χ1n) is 6.87. The van der Waals surface area contributed by atoms with Crippen LogP contribution in [0.5, 0.6) is 0 Å². The highest BCUT2D eigenvalue weighted by atomic mass is 35.5. The first-order chi connectivity index (χ1) is 9.56. The van der Waals surface area contributed by atoms with E-state index in [4.69, 9.17) is 11.6 Å². The third kappa shape index (κ3) is 2.95. The summed E-state index contributed by atoms with van der Waals surface area (Å²) in [6.07, 6.45) is 3.82. The minimum Gasteiger partial charge on any atom is -0.334 e. The van der Waals surface area contributed by atoms with Crippen molar-refractivity contribution in [2.45, 2.75) is 38.6 Å². The summed E-state index contributed by atoms with van der Waals surface area (Å²) in [5.74, 6) is -1.91. The molecule has 5 heteroatoms. The Morgan fingerprint density at radius 3 is 2.60 bits per heavy atom. The van der Waals surface area contributed by atoms with Crippen molar-refractivity contribution in [3.63, 3.8) is 0 Å². The number of aryl methyl sites for hydroxylation is 1. The van der Waals surface area contributed by atoms with E-state index in [1.54, 1.807) is 0 Å². The fourth-order valence-electron chi connectivity index (χ4n) is 2.75. The molecule has 0 saturated heterocycles. The number of carbonyl (C=O) groups is 1. The molecule has 1 aromatic carbocycles. The van der Waals surface area contributed by atoms with Crippen LogP contribution in [0.15, 0.2) is 12.1 Å². The third-order valence-corrected chi connectivity index (χ3v) is 4.02. The van der Waals surface area contributed by atoms with Crippen molar-refractivity contribution in [3.8, 4) is 0 Å². The van der Waals surface area contributed by atoms with Gasteiger partial charge in [-0.2, -0.15) is 0 Å². The molecule has 2 nitrogen and oxygen atoms in total. The van der Waals surface area contributed by atoms with Crippen LogP contribution in [0.25, 0.3) is 0 Å². The smallest absolute Gasteiger partial charge is 0.260 e. The second kappa shape index (κ2) is 6.53. The molecule has 1 aliphatic carbocycles. The normalized spacial score (nSPS) is 15.6. The second-order valence-corrected chi connectivity index (χ2v) is 5.56. The van der Waals surface area contributed by atoms with Gasteiger partial charge in [-0.15, -0.1) is 11.6 Å². The summed E-state index contributed by atoms with van der Waals surface area (Å²) in [6, 6.07) is 2.52. The summed E-state index contributed by atoms with van der Waals surface area (Å²) in [5.41, 5.74) is -0.186. The van der Waals surface area contributed by atoms with Crippen molar-refractivity contribution >= 4 is 17.5 Å². The van der Waals surface area contributed by atoms with Crippen molar-refractivity contribution in [1.82, 2.24) is 4.90 Å². The van der Waals surface area contributed by atoms with Gasteiger partial charge < -0.3 is 4.90 Å². The molecule has 1 fully saturated rings. The molecule has 1 saturated carbocycles. The van der Waals surface area contributed by atoms with E-state index in [1.165, 1.54) is 17.9 Å². The van der Waals surface area contributed by atoms with Crippen LogP contribution in [0.1, 0.15) is 41.6 Å². The van der Waals surface area contributed by atoms with Crippen LogP contribution in [-0.4, -0.2) is 29.3 Å². The van der Waals surface area contributed by atoms with Crippen LogP contribution in [0.4, 0.5) is 8.78 Å². The zero-order valence-corrected chi connectivity index (χ0v) is 12.2. The van der Waals surface area contributed by atoms with Crippen molar-refractivity contribution in [1.29, 1.82) is 0 Å². The van der Waals surface area contributed by atoms with Gasteiger partial charge in [-0.3, -0.25) is 4.79 Å². The number of halogens is 3. The largest absolute Gasteiger partial charge is 0.334 e. The molecule has 0 aromatic heterocycles. The Labute approximate surface area is 122 Å². The van der Waals surface area contributed by atoms with Crippen molar-refractivity contribution in [3.05, 3.63) is 34.9 Å². The van der Waals surface area contributed by atoms with E-state index in [1.807, 2.05) is 0 Å². The van der Waals surface area contributed by atoms with Gasteiger partial charge in [-0.1, -0.05) is 18.9 Å². The van der Waals surface area contributed by atoms with Crippen LogP contribution in [0.2, 0.25) is 0 Å². The lowest BCUT2D eigenvalue weighted by molar-refractivity contribution is 0.0685. The molecule has 0 aliphatic heterocycles.